The first-order valence-corrected chi connectivity index (χ1v) is 12.0. The van der Waals surface area contributed by atoms with Crippen LogP contribution in [0.5, 0.6) is 5.75 Å². The number of thiophene rings is 1. The van der Waals surface area contributed by atoms with Crippen molar-refractivity contribution in [3.63, 3.8) is 0 Å². The molecule has 166 valence electrons. The van der Waals surface area contributed by atoms with Crippen molar-refractivity contribution in [2.75, 3.05) is 18.5 Å². The molecule has 7 nitrogen and oxygen atoms in total. The predicted molar refractivity (Wildman–Crippen MR) is 125 cm³/mol. The number of benzene rings is 2. The lowest BCUT2D eigenvalue weighted by Gasteiger charge is -2.20. The van der Waals surface area contributed by atoms with Crippen molar-refractivity contribution in [2.45, 2.75) is 18.4 Å². The molecule has 0 unspecified atom stereocenters. The highest BCUT2D eigenvalue weighted by Crippen LogP contribution is 2.32. The van der Waals surface area contributed by atoms with Gasteiger partial charge in [-0.25, -0.2) is 8.42 Å². The Morgan fingerprint density at radius 1 is 1.16 bits per heavy atom. The van der Waals surface area contributed by atoms with Crippen LogP contribution < -0.4 is 14.4 Å². The van der Waals surface area contributed by atoms with E-state index < -0.39 is 10.0 Å². The number of methoxy groups -OCH3 is 1. The van der Waals surface area contributed by atoms with Gasteiger partial charge in [-0.3, -0.25) is 9.10 Å². The highest BCUT2D eigenvalue weighted by atomic mass is 32.2. The van der Waals surface area contributed by atoms with E-state index in [1.165, 1.54) is 28.8 Å². The van der Waals surface area contributed by atoms with Crippen molar-refractivity contribution in [2.24, 2.45) is 0 Å². The number of aryl methyl sites for hydroxylation is 1. The second kappa shape index (κ2) is 8.68. The Balaban J connectivity index is 1.57. The van der Waals surface area contributed by atoms with Gasteiger partial charge in [0, 0.05) is 11.7 Å². The van der Waals surface area contributed by atoms with Gasteiger partial charge in [-0.2, -0.15) is 0 Å². The number of carbonyl (C=O) groups excluding carboxylic acids is 1. The molecule has 1 amide bonds. The summed E-state index contributed by atoms with van der Waals surface area (Å²) in [6, 6.07) is 15.4. The number of furan rings is 1. The van der Waals surface area contributed by atoms with Crippen LogP contribution in [-0.4, -0.2) is 28.5 Å². The van der Waals surface area contributed by atoms with E-state index in [0.717, 1.165) is 15.6 Å². The van der Waals surface area contributed by atoms with Crippen LogP contribution in [0.2, 0.25) is 0 Å². The normalized spacial score (nSPS) is 11.5. The standard InChI is InChI=1S/C23H22N2O5S2/c1-15-11-19(7-8-20(15)29-3)32(27,28)25(2)17-6-9-21-16(12-17)13-22(31-21)23(26)24-14-18-5-4-10-30-18/h4-13H,14H2,1-3H3,(H,24,26). The molecule has 2 heterocycles. The van der Waals surface area contributed by atoms with Gasteiger partial charge in [-0.1, -0.05) is 0 Å². The summed E-state index contributed by atoms with van der Waals surface area (Å²) in [7, 11) is -0.701. The second-order valence-electron chi connectivity index (χ2n) is 7.20. The fraction of sp³-hybridized carbons (Fsp3) is 0.174. The molecule has 0 saturated heterocycles. The Bertz CT molecular complexity index is 1370. The molecule has 0 spiro atoms. The minimum absolute atomic E-state index is 0.182. The molecular weight excluding hydrogens is 448 g/mol. The van der Waals surface area contributed by atoms with Crippen LogP contribution >= 0.6 is 11.3 Å². The van der Waals surface area contributed by atoms with Gasteiger partial charge in [0.1, 0.15) is 11.5 Å². The summed E-state index contributed by atoms with van der Waals surface area (Å²) in [5.74, 6) is 1.09. The van der Waals surface area contributed by atoms with Crippen LogP contribution in [-0.2, 0) is 16.6 Å². The summed E-state index contributed by atoms with van der Waals surface area (Å²) in [6.45, 7) is 2.10. The highest BCUT2D eigenvalue weighted by molar-refractivity contribution is 7.92. The smallest absolute Gasteiger partial charge is 0.264 e. The predicted octanol–water partition coefficient (Wildman–Crippen LogP) is 4.57. The number of fused-ring (bicyclic) bond motifs is 1. The number of nitrogens with zero attached hydrogens (tertiary/aromatic N) is 1. The van der Waals surface area contributed by atoms with Gasteiger partial charge < -0.3 is 14.5 Å². The van der Waals surface area contributed by atoms with Gasteiger partial charge in [0.15, 0.2) is 0 Å². The van der Waals surface area contributed by atoms with E-state index in [1.54, 1.807) is 62.8 Å². The molecule has 0 aliphatic carbocycles. The molecule has 1 N–H and O–H groups in total. The van der Waals surface area contributed by atoms with Crippen molar-refractivity contribution in [1.29, 1.82) is 0 Å². The maximum Gasteiger partial charge on any atom is 0.264 e. The second-order valence-corrected chi connectivity index (χ2v) is 10.3. The van der Waals surface area contributed by atoms with Gasteiger partial charge in [0.05, 0.1) is 35.4 Å². The molecule has 0 aliphatic rings. The summed E-state index contributed by atoms with van der Waals surface area (Å²) in [5.41, 5.74) is 1.24. The molecule has 4 rings (SSSR count). The Morgan fingerprint density at radius 2 is 1.97 bits per heavy atom. The number of rotatable bonds is 7. The Hall–Kier alpha value is -3.30. The third-order valence-corrected chi connectivity index (χ3v) is 8.01. The van der Waals surface area contributed by atoms with E-state index in [9.17, 15) is 13.2 Å². The van der Waals surface area contributed by atoms with Crippen molar-refractivity contribution in [1.82, 2.24) is 5.32 Å². The quantitative estimate of drug-likeness (QED) is 0.428. The van der Waals surface area contributed by atoms with Gasteiger partial charge in [-0.15, -0.1) is 11.3 Å². The van der Waals surface area contributed by atoms with Gasteiger partial charge in [0.25, 0.3) is 15.9 Å². The molecule has 0 radical (unpaired) electrons. The molecule has 9 heteroatoms. The third kappa shape index (κ3) is 4.21. The zero-order valence-electron chi connectivity index (χ0n) is 17.8. The largest absolute Gasteiger partial charge is 0.496 e. The van der Waals surface area contributed by atoms with E-state index in [1.807, 2.05) is 6.07 Å². The summed E-state index contributed by atoms with van der Waals surface area (Å²) in [5, 5.41) is 3.62. The van der Waals surface area contributed by atoms with E-state index >= 15 is 0 Å². The van der Waals surface area contributed by atoms with Crippen molar-refractivity contribution in [3.05, 3.63) is 77.1 Å². The first-order valence-electron chi connectivity index (χ1n) is 9.77. The summed E-state index contributed by atoms with van der Waals surface area (Å²) < 4.78 is 38.9. The highest BCUT2D eigenvalue weighted by Gasteiger charge is 2.23. The molecule has 0 saturated carbocycles. The number of anilines is 1. The van der Waals surface area contributed by atoms with Crippen molar-refractivity contribution < 1.29 is 22.4 Å². The molecule has 2 aromatic heterocycles. The maximum absolute atomic E-state index is 13.1. The number of carbonyl (C=O) groups is 1. The molecule has 0 fully saturated rings. The van der Waals surface area contributed by atoms with Crippen molar-refractivity contribution >= 4 is 43.0 Å². The number of amides is 1. The third-order valence-electron chi connectivity index (χ3n) is 5.12. The summed E-state index contributed by atoms with van der Waals surface area (Å²) >= 11 is 1.35. The zero-order valence-corrected chi connectivity index (χ0v) is 19.4. The molecule has 0 bridgehead atoms. The molecule has 0 atom stereocenters. The number of sulfonamides is 1. The van der Waals surface area contributed by atoms with Gasteiger partial charge in [-0.05, 0) is 72.5 Å². The lowest BCUT2D eigenvalue weighted by Crippen LogP contribution is -2.26. The molecule has 4 aromatic rings. The Kier molecular flexibility index (Phi) is 5.94. The first-order chi connectivity index (χ1) is 15.3. The average Bonchev–Trinajstić information content (AvgIpc) is 3.46. The minimum atomic E-state index is -3.76. The van der Waals surface area contributed by atoms with Gasteiger partial charge >= 0.3 is 0 Å². The fourth-order valence-corrected chi connectivity index (χ4v) is 5.55. The molecule has 32 heavy (non-hydrogen) atoms. The van der Waals surface area contributed by atoms with Crippen LogP contribution in [0.25, 0.3) is 10.1 Å². The lowest BCUT2D eigenvalue weighted by atomic mass is 10.2. The number of nitrogens with one attached hydrogen (secondary N) is 1. The number of hydrogen-bond donors (Lipinski definition) is 1. The van der Waals surface area contributed by atoms with E-state index in [2.05, 4.69) is 5.32 Å². The van der Waals surface area contributed by atoms with E-state index in [0.29, 0.717) is 28.6 Å². The maximum atomic E-state index is 13.1. The molecular formula is C23H22N2O5S2. The van der Waals surface area contributed by atoms with Crippen molar-refractivity contribution in [3.8, 4) is 5.75 Å². The summed E-state index contributed by atoms with van der Waals surface area (Å²) in [4.78, 5) is 13.2. The van der Waals surface area contributed by atoms with Crippen LogP contribution in [0.1, 0.15) is 21.0 Å². The Labute approximate surface area is 190 Å². The topological polar surface area (TPSA) is 88.9 Å². The lowest BCUT2D eigenvalue weighted by molar-refractivity contribution is 0.0952. The monoisotopic (exact) mass is 470 g/mol. The number of ether oxygens (including phenoxy) is 1. The van der Waals surface area contributed by atoms with Crippen LogP contribution in [0, 0.1) is 6.92 Å². The van der Waals surface area contributed by atoms with Crippen LogP contribution in [0.3, 0.4) is 0 Å². The molecule has 0 aliphatic heterocycles. The summed E-state index contributed by atoms with van der Waals surface area (Å²) in [6.07, 6.45) is 1.56. The first kappa shape index (κ1) is 21.9. The van der Waals surface area contributed by atoms with Crippen LogP contribution in [0.4, 0.5) is 5.69 Å². The van der Waals surface area contributed by atoms with Gasteiger partial charge in [0.2, 0.25) is 0 Å². The van der Waals surface area contributed by atoms with E-state index in [4.69, 9.17) is 9.15 Å². The van der Waals surface area contributed by atoms with E-state index in [-0.39, 0.29) is 10.8 Å². The SMILES string of the molecule is COc1ccc(S(=O)(=O)N(C)c2ccc3sc(C(=O)NCc4ccco4)cc3c2)cc1C. The van der Waals surface area contributed by atoms with Crippen LogP contribution in [0.15, 0.2) is 70.2 Å². The minimum Gasteiger partial charge on any atom is -0.496 e. The number of hydrogen-bond acceptors (Lipinski definition) is 6. The average molecular weight is 471 g/mol. The molecule has 2 aromatic carbocycles. The Morgan fingerprint density at radius 3 is 2.66 bits per heavy atom. The zero-order chi connectivity index (χ0) is 22.9. The fourth-order valence-electron chi connectivity index (χ4n) is 3.31.